The Morgan fingerprint density at radius 1 is 1.14 bits per heavy atom. The van der Waals surface area contributed by atoms with E-state index < -0.39 is 0 Å². The zero-order chi connectivity index (χ0) is 11.0. The van der Waals surface area contributed by atoms with Gasteiger partial charge in [-0.15, -0.1) is 0 Å². The van der Waals surface area contributed by atoms with E-state index in [4.69, 9.17) is 5.73 Å². The van der Waals surface area contributed by atoms with Gasteiger partial charge in [-0.05, 0) is 18.1 Å². The van der Waals surface area contributed by atoms with Gasteiger partial charge in [0.05, 0.1) is 0 Å². The van der Waals surface area contributed by atoms with Crippen molar-refractivity contribution in [2.45, 2.75) is 33.7 Å². The van der Waals surface area contributed by atoms with Crippen molar-refractivity contribution in [1.82, 2.24) is 0 Å². The van der Waals surface area contributed by atoms with Crippen LogP contribution in [0, 0.1) is 0 Å². The molecule has 1 aromatic carbocycles. The summed E-state index contributed by atoms with van der Waals surface area (Å²) in [4.78, 5) is 10.7. The number of nitrogens with two attached hydrogens (primary N) is 1. The molecule has 0 spiro atoms. The number of hydrogen-bond acceptors (Lipinski definition) is 2. The van der Waals surface area contributed by atoms with Crippen molar-refractivity contribution in [2.75, 3.05) is 0 Å². The molecule has 0 radical (unpaired) electrons. The summed E-state index contributed by atoms with van der Waals surface area (Å²) in [6, 6.07) is 7.81. The van der Waals surface area contributed by atoms with Gasteiger partial charge >= 0.3 is 0 Å². The minimum absolute atomic E-state index is 0.190. The fourth-order valence-electron chi connectivity index (χ4n) is 1.08. The van der Waals surface area contributed by atoms with Gasteiger partial charge in [0.2, 0.25) is 0 Å². The standard InChI is InChI=1S/C10H13NO.C2H6/c1-8(12)6-9-2-4-10(7-11)5-3-9;1-2/h2-5H,6-7,11H2,1H3;1-2H3. The molecule has 0 heterocycles. The van der Waals surface area contributed by atoms with Crippen LogP contribution in [0.4, 0.5) is 0 Å². The van der Waals surface area contributed by atoms with E-state index in [0.717, 1.165) is 11.1 Å². The van der Waals surface area contributed by atoms with Crippen LogP contribution in [0.1, 0.15) is 31.9 Å². The van der Waals surface area contributed by atoms with Crippen molar-refractivity contribution < 1.29 is 4.79 Å². The fraction of sp³-hybridized carbons (Fsp3) is 0.417. The van der Waals surface area contributed by atoms with Crippen LogP contribution in [0.25, 0.3) is 0 Å². The highest BCUT2D eigenvalue weighted by atomic mass is 16.1. The molecule has 1 aromatic rings. The highest BCUT2D eigenvalue weighted by molar-refractivity contribution is 5.78. The smallest absolute Gasteiger partial charge is 0.134 e. The van der Waals surface area contributed by atoms with E-state index in [1.54, 1.807) is 6.92 Å². The van der Waals surface area contributed by atoms with E-state index in [-0.39, 0.29) is 5.78 Å². The van der Waals surface area contributed by atoms with E-state index in [1.807, 2.05) is 38.1 Å². The fourth-order valence-corrected chi connectivity index (χ4v) is 1.08. The van der Waals surface area contributed by atoms with Crippen LogP contribution < -0.4 is 5.73 Å². The van der Waals surface area contributed by atoms with Crippen molar-refractivity contribution in [3.63, 3.8) is 0 Å². The van der Waals surface area contributed by atoms with Crippen molar-refractivity contribution in [1.29, 1.82) is 0 Å². The predicted molar refractivity (Wildman–Crippen MR) is 60.1 cm³/mol. The molecule has 0 aliphatic heterocycles. The predicted octanol–water partition coefficient (Wildman–Crippen LogP) is 2.30. The third kappa shape index (κ3) is 4.77. The second-order valence-electron chi connectivity index (χ2n) is 2.90. The second kappa shape index (κ2) is 7.27. The Labute approximate surface area is 86.1 Å². The molecule has 2 nitrogen and oxygen atoms in total. The second-order valence-corrected chi connectivity index (χ2v) is 2.90. The lowest BCUT2D eigenvalue weighted by Gasteiger charge is -1.99. The van der Waals surface area contributed by atoms with Crippen LogP contribution in [0.3, 0.4) is 0 Å². The van der Waals surface area contributed by atoms with Gasteiger partial charge in [-0.2, -0.15) is 0 Å². The number of carbonyl (C=O) groups is 1. The van der Waals surface area contributed by atoms with Crippen molar-refractivity contribution in [3.05, 3.63) is 35.4 Å². The maximum absolute atomic E-state index is 10.7. The van der Waals surface area contributed by atoms with Crippen LogP contribution in [0.15, 0.2) is 24.3 Å². The minimum Gasteiger partial charge on any atom is -0.326 e. The van der Waals surface area contributed by atoms with Gasteiger partial charge in [0.15, 0.2) is 0 Å². The average molecular weight is 193 g/mol. The van der Waals surface area contributed by atoms with Crippen molar-refractivity contribution in [2.24, 2.45) is 5.73 Å². The van der Waals surface area contributed by atoms with Crippen LogP contribution in [0.5, 0.6) is 0 Å². The molecular weight excluding hydrogens is 174 g/mol. The normalized spacial score (nSPS) is 8.86. The molecule has 0 aromatic heterocycles. The van der Waals surface area contributed by atoms with Crippen LogP contribution >= 0.6 is 0 Å². The van der Waals surface area contributed by atoms with Gasteiger partial charge in [-0.25, -0.2) is 0 Å². The first-order valence-electron chi connectivity index (χ1n) is 4.99. The molecule has 2 N–H and O–H groups in total. The maximum atomic E-state index is 10.7. The molecule has 0 bridgehead atoms. The first-order chi connectivity index (χ1) is 6.72. The summed E-state index contributed by atoms with van der Waals surface area (Å²) in [5, 5.41) is 0. The van der Waals surface area contributed by atoms with E-state index in [1.165, 1.54) is 0 Å². The SMILES string of the molecule is CC.CC(=O)Cc1ccc(CN)cc1. The molecule has 0 fully saturated rings. The number of benzene rings is 1. The number of rotatable bonds is 3. The Bertz CT molecular complexity index is 264. The third-order valence-electron chi connectivity index (χ3n) is 1.71. The maximum Gasteiger partial charge on any atom is 0.134 e. The summed E-state index contributed by atoms with van der Waals surface area (Å²) in [5.41, 5.74) is 7.59. The summed E-state index contributed by atoms with van der Waals surface area (Å²) >= 11 is 0. The topological polar surface area (TPSA) is 43.1 Å². The van der Waals surface area contributed by atoms with Crippen molar-refractivity contribution >= 4 is 5.78 Å². The first kappa shape index (κ1) is 12.8. The largest absolute Gasteiger partial charge is 0.326 e. The lowest BCUT2D eigenvalue weighted by molar-refractivity contribution is -0.116. The highest BCUT2D eigenvalue weighted by Gasteiger charge is 1.96. The molecule has 78 valence electrons. The number of Topliss-reactive ketones (excluding diaryl/α,β-unsaturated/α-hetero) is 1. The quantitative estimate of drug-likeness (QED) is 0.800. The summed E-state index contributed by atoms with van der Waals surface area (Å²) in [6.45, 7) is 6.15. The van der Waals surface area contributed by atoms with Gasteiger partial charge in [0.25, 0.3) is 0 Å². The van der Waals surface area contributed by atoms with Gasteiger partial charge in [0.1, 0.15) is 5.78 Å². The Kier molecular flexibility index (Phi) is 6.68. The van der Waals surface area contributed by atoms with Gasteiger partial charge < -0.3 is 5.73 Å². The first-order valence-corrected chi connectivity index (χ1v) is 4.99. The molecule has 14 heavy (non-hydrogen) atoms. The molecule has 0 aliphatic carbocycles. The summed E-state index contributed by atoms with van der Waals surface area (Å²) < 4.78 is 0. The van der Waals surface area contributed by atoms with Crippen molar-refractivity contribution in [3.8, 4) is 0 Å². The lowest BCUT2D eigenvalue weighted by atomic mass is 10.1. The minimum atomic E-state index is 0.190. The van der Waals surface area contributed by atoms with Crippen LogP contribution in [-0.2, 0) is 17.8 Å². The highest BCUT2D eigenvalue weighted by Crippen LogP contribution is 2.04. The van der Waals surface area contributed by atoms with Gasteiger partial charge in [0, 0.05) is 13.0 Å². The molecule has 0 atom stereocenters. The molecule has 2 heteroatoms. The Balaban J connectivity index is 0.000000791. The van der Waals surface area contributed by atoms with Gasteiger partial charge in [-0.3, -0.25) is 4.79 Å². The number of carbonyl (C=O) groups excluding carboxylic acids is 1. The molecular formula is C12H19NO. The monoisotopic (exact) mass is 193 g/mol. The van der Waals surface area contributed by atoms with Crippen LogP contribution in [-0.4, -0.2) is 5.78 Å². The number of ketones is 1. The third-order valence-corrected chi connectivity index (χ3v) is 1.71. The van der Waals surface area contributed by atoms with E-state index in [2.05, 4.69) is 0 Å². The molecule has 0 unspecified atom stereocenters. The zero-order valence-electron chi connectivity index (χ0n) is 9.21. The van der Waals surface area contributed by atoms with E-state index >= 15 is 0 Å². The Morgan fingerprint density at radius 3 is 1.93 bits per heavy atom. The Hall–Kier alpha value is -1.15. The van der Waals surface area contributed by atoms with E-state index in [0.29, 0.717) is 13.0 Å². The van der Waals surface area contributed by atoms with E-state index in [9.17, 15) is 4.79 Å². The van der Waals surface area contributed by atoms with Gasteiger partial charge in [-0.1, -0.05) is 38.1 Å². The lowest BCUT2D eigenvalue weighted by Crippen LogP contribution is -1.98. The van der Waals surface area contributed by atoms with Crippen LogP contribution in [0.2, 0.25) is 0 Å². The average Bonchev–Trinajstić information content (AvgIpc) is 2.21. The Morgan fingerprint density at radius 2 is 1.57 bits per heavy atom. The molecule has 0 amide bonds. The summed E-state index contributed by atoms with van der Waals surface area (Å²) in [7, 11) is 0. The molecule has 0 saturated heterocycles. The molecule has 1 rings (SSSR count). The molecule has 0 aliphatic rings. The summed E-state index contributed by atoms with van der Waals surface area (Å²) in [5.74, 6) is 0.190. The summed E-state index contributed by atoms with van der Waals surface area (Å²) in [6.07, 6.45) is 0.519. The molecule has 0 saturated carbocycles. The number of hydrogen-bond donors (Lipinski definition) is 1. The zero-order valence-corrected chi connectivity index (χ0v) is 9.21.